The van der Waals surface area contributed by atoms with Crippen molar-refractivity contribution in [3.8, 4) is 11.3 Å². The van der Waals surface area contributed by atoms with Crippen LogP contribution in [0.1, 0.15) is 35.7 Å². The zero-order chi connectivity index (χ0) is 16.6. The predicted molar refractivity (Wildman–Crippen MR) is 88.2 cm³/mol. The van der Waals surface area contributed by atoms with Gasteiger partial charge in [0.05, 0.1) is 16.8 Å². The van der Waals surface area contributed by atoms with Gasteiger partial charge in [-0.25, -0.2) is 14.2 Å². The molecule has 0 aliphatic rings. The van der Waals surface area contributed by atoms with Crippen LogP contribution < -0.4 is 0 Å². The minimum atomic E-state index is -1.02. The monoisotopic (exact) mass is 309 g/mol. The summed E-state index contributed by atoms with van der Waals surface area (Å²) in [5.74, 6) is -1.37. The number of halogens is 1. The van der Waals surface area contributed by atoms with E-state index in [1.807, 2.05) is 38.1 Å². The number of hydrogen-bond donors (Lipinski definition) is 1. The van der Waals surface area contributed by atoms with Gasteiger partial charge in [0, 0.05) is 10.9 Å². The molecule has 0 amide bonds. The topological polar surface area (TPSA) is 50.2 Å². The zero-order valence-electron chi connectivity index (χ0n) is 12.9. The molecule has 0 bridgehead atoms. The Kier molecular flexibility index (Phi) is 3.82. The van der Waals surface area contributed by atoms with Crippen LogP contribution in [0.25, 0.3) is 22.2 Å². The first-order valence-corrected chi connectivity index (χ1v) is 7.41. The van der Waals surface area contributed by atoms with Crippen LogP contribution in [0.3, 0.4) is 0 Å². The molecule has 1 heterocycles. The highest BCUT2D eigenvalue weighted by molar-refractivity contribution is 6.02. The molecule has 23 heavy (non-hydrogen) atoms. The molecule has 116 valence electrons. The first-order chi connectivity index (χ1) is 11.0. The van der Waals surface area contributed by atoms with E-state index in [4.69, 9.17) is 0 Å². The summed E-state index contributed by atoms with van der Waals surface area (Å²) in [4.78, 5) is 16.5. The van der Waals surface area contributed by atoms with Crippen molar-refractivity contribution in [1.29, 1.82) is 0 Å². The number of aromatic nitrogens is 1. The van der Waals surface area contributed by atoms with Crippen molar-refractivity contribution >= 4 is 16.9 Å². The van der Waals surface area contributed by atoms with E-state index in [9.17, 15) is 14.3 Å². The number of carboxylic acid groups (broad SMARTS) is 1. The molecule has 0 fully saturated rings. The molecule has 0 aliphatic heterocycles. The molecule has 0 radical (unpaired) electrons. The summed E-state index contributed by atoms with van der Waals surface area (Å²) in [6, 6.07) is 13.2. The maximum Gasteiger partial charge on any atom is 0.338 e. The molecule has 0 saturated heterocycles. The first-order valence-electron chi connectivity index (χ1n) is 7.41. The number of pyridine rings is 1. The Morgan fingerprint density at radius 1 is 1.09 bits per heavy atom. The highest BCUT2D eigenvalue weighted by Gasteiger charge is 2.23. The van der Waals surface area contributed by atoms with E-state index in [2.05, 4.69) is 4.98 Å². The van der Waals surface area contributed by atoms with Crippen LogP contribution in [0.4, 0.5) is 4.39 Å². The van der Waals surface area contributed by atoms with Crippen molar-refractivity contribution < 1.29 is 14.3 Å². The average molecular weight is 309 g/mol. The fourth-order valence-electron chi connectivity index (χ4n) is 2.87. The summed E-state index contributed by atoms with van der Waals surface area (Å²) in [5, 5.41) is 10.6. The summed E-state index contributed by atoms with van der Waals surface area (Å²) in [5.41, 5.74) is 2.64. The molecule has 1 aromatic heterocycles. The van der Waals surface area contributed by atoms with Gasteiger partial charge >= 0.3 is 5.97 Å². The Labute approximate surface area is 133 Å². The standard InChI is InChI=1S/C19H16FNO2/c1-11(2)16-14-5-3-4-6-15(14)21-18(17(16)19(22)23)12-7-9-13(20)10-8-12/h3-11H,1-2H3,(H,22,23). The number of fused-ring (bicyclic) bond motifs is 1. The average Bonchev–Trinajstić information content (AvgIpc) is 2.53. The molecule has 4 heteroatoms. The van der Waals surface area contributed by atoms with E-state index in [1.54, 1.807) is 12.1 Å². The van der Waals surface area contributed by atoms with Gasteiger partial charge in [-0.05, 0) is 41.8 Å². The number of carboxylic acids is 1. The third-order valence-electron chi connectivity index (χ3n) is 3.84. The van der Waals surface area contributed by atoms with Gasteiger partial charge in [0.25, 0.3) is 0 Å². The van der Waals surface area contributed by atoms with Crippen molar-refractivity contribution in [2.45, 2.75) is 19.8 Å². The number of hydrogen-bond acceptors (Lipinski definition) is 2. The van der Waals surface area contributed by atoms with Crippen molar-refractivity contribution in [3.05, 3.63) is 65.5 Å². The van der Waals surface area contributed by atoms with Crippen LogP contribution in [-0.4, -0.2) is 16.1 Å². The third-order valence-corrected chi connectivity index (χ3v) is 3.84. The van der Waals surface area contributed by atoms with Gasteiger partial charge in [0.2, 0.25) is 0 Å². The van der Waals surface area contributed by atoms with Crippen molar-refractivity contribution in [1.82, 2.24) is 4.98 Å². The molecule has 0 saturated carbocycles. The van der Waals surface area contributed by atoms with Crippen molar-refractivity contribution in [2.24, 2.45) is 0 Å². The van der Waals surface area contributed by atoms with Crippen LogP contribution >= 0.6 is 0 Å². The molecule has 0 aliphatic carbocycles. The van der Waals surface area contributed by atoms with Crippen LogP contribution in [0.15, 0.2) is 48.5 Å². The van der Waals surface area contributed by atoms with Gasteiger partial charge in [-0.2, -0.15) is 0 Å². The van der Waals surface area contributed by atoms with Crippen LogP contribution in [0.5, 0.6) is 0 Å². The summed E-state index contributed by atoms with van der Waals surface area (Å²) < 4.78 is 13.2. The second-order valence-corrected chi connectivity index (χ2v) is 5.73. The Hall–Kier alpha value is -2.75. The van der Waals surface area contributed by atoms with Gasteiger partial charge in [-0.1, -0.05) is 32.0 Å². The van der Waals surface area contributed by atoms with E-state index in [0.29, 0.717) is 11.3 Å². The largest absolute Gasteiger partial charge is 0.478 e. The smallest absolute Gasteiger partial charge is 0.338 e. The SMILES string of the molecule is CC(C)c1c(C(=O)O)c(-c2ccc(F)cc2)nc2ccccc12. The number of para-hydroxylation sites is 1. The van der Waals surface area contributed by atoms with Gasteiger partial charge in [-0.3, -0.25) is 0 Å². The molecule has 0 atom stereocenters. The Morgan fingerprint density at radius 3 is 2.35 bits per heavy atom. The van der Waals surface area contributed by atoms with Gasteiger partial charge in [0.1, 0.15) is 5.82 Å². The lowest BCUT2D eigenvalue weighted by Gasteiger charge is -2.17. The quantitative estimate of drug-likeness (QED) is 0.751. The fourth-order valence-corrected chi connectivity index (χ4v) is 2.87. The van der Waals surface area contributed by atoms with E-state index in [1.165, 1.54) is 12.1 Å². The van der Waals surface area contributed by atoms with E-state index in [-0.39, 0.29) is 17.3 Å². The maximum absolute atomic E-state index is 13.2. The lowest BCUT2D eigenvalue weighted by Crippen LogP contribution is -2.09. The lowest BCUT2D eigenvalue weighted by atomic mass is 9.90. The van der Waals surface area contributed by atoms with Crippen LogP contribution in [-0.2, 0) is 0 Å². The molecule has 2 aromatic carbocycles. The molecule has 0 unspecified atom stereocenters. The fraction of sp³-hybridized carbons (Fsp3) is 0.158. The van der Waals surface area contributed by atoms with Crippen LogP contribution in [0, 0.1) is 5.82 Å². The minimum Gasteiger partial charge on any atom is -0.478 e. The van der Waals surface area contributed by atoms with E-state index in [0.717, 1.165) is 16.5 Å². The highest BCUT2D eigenvalue weighted by atomic mass is 19.1. The lowest BCUT2D eigenvalue weighted by molar-refractivity contribution is 0.0696. The Morgan fingerprint density at radius 2 is 1.74 bits per heavy atom. The van der Waals surface area contributed by atoms with Crippen molar-refractivity contribution in [2.75, 3.05) is 0 Å². The second-order valence-electron chi connectivity index (χ2n) is 5.73. The molecular formula is C19H16FNO2. The number of benzene rings is 2. The molecule has 3 rings (SSSR count). The molecule has 3 nitrogen and oxygen atoms in total. The van der Waals surface area contributed by atoms with Gasteiger partial charge < -0.3 is 5.11 Å². The summed E-state index contributed by atoms with van der Waals surface area (Å²) >= 11 is 0. The zero-order valence-corrected chi connectivity index (χ0v) is 12.9. The number of carbonyl (C=O) groups is 1. The summed E-state index contributed by atoms with van der Waals surface area (Å²) in [6.45, 7) is 3.92. The number of aromatic carboxylic acids is 1. The van der Waals surface area contributed by atoms with Crippen molar-refractivity contribution in [3.63, 3.8) is 0 Å². The Balaban J connectivity index is 2.43. The predicted octanol–water partition coefficient (Wildman–Crippen LogP) is 4.86. The molecular weight excluding hydrogens is 293 g/mol. The van der Waals surface area contributed by atoms with E-state index >= 15 is 0 Å². The van der Waals surface area contributed by atoms with E-state index < -0.39 is 5.97 Å². The normalized spacial score (nSPS) is 11.1. The second kappa shape index (κ2) is 5.80. The first kappa shape index (κ1) is 15.2. The molecule has 0 spiro atoms. The maximum atomic E-state index is 13.2. The van der Waals surface area contributed by atoms with Crippen LogP contribution in [0.2, 0.25) is 0 Å². The van der Waals surface area contributed by atoms with Gasteiger partial charge in [0.15, 0.2) is 0 Å². The number of nitrogens with zero attached hydrogens (tertiary/aromatic N) is 1. The highest BCUT2D eigenvalue weighted by Crippen LogP contribution is 2.34. The minimum absolute atomic E-state index is 0.0215. The van der Waals surface area contributed by atoms with Gasteiger partial charge in [-0.15, -0.1) is 0 Å². The summed E-state index contributed by atoms with van der Waals surface area (Å²) in [7, 11) is 0. The molecule has 3 aromatic rings. The Bertz CT molecular complexity index is 886. The molecule has 1 N–H and O–H groups in total. The summed E-state index contributed by atoms with van der Waals surface area (Å²) in [6.07, 6.45) is 0. The third kappa shape index (κ3) is 2.68. The number of rotatable bonds is 3.